The zero-order valence-electron chi connectivity index (χ0n) is 9.88. The number of rotatable bonds is 5. The number of nitrogens with one attached hydrogen (secondary N) is 1. The van der Waals surface area contributed by atoms with E-state index in [0.29, 0.717) is 5.56 Å². The number of carboxylic acids is 1. The van der Waals surface area contributed by atoms with Crippen LogP contribution in [-0.2, 0) is 14.8 Å². The van der Waals surface area contributed by atoms with Gasteiger partial charge in [0.1, 0.15) is 6.04 Å². The van der Waals surface area contributed by atoms with Crippen molar-refractivity contribution in [2.24, 2.45) is 0 Å². The van der Waals surface area contributed by atoms with Gasteiger partial charge in [0.05, 0.1) is 4.90 Å². The molecule has 0 radical (unpaired) electrons. The highest BCUT2D eigenvalue weighted by molar-refractivity contribution is 7.89. The summed E-state index contributed by atoms with van der Waals surface area (Å²) in [6.07, 6.45) is 0. The van der Waals surface area contributed by atoms with Crippen molar-refractivity contribution >= 4 is 21.8 Å². The Morgan fingerprint density at radius 3 is 2.11 bits per heavy atom. The fraction of sp³-hybridized carbons (Fsp3) is 0.273. The first-order valence-corrected chi connectivity index (χ1v) is 6.58. The molecule has 6 nitrogen and oxygen atoms in total. The fourth-order valence-corrected chi connectivity index (χ4v) is 2.42. The van der Waals surface area contributed by atoms with Gasteiger partial charge in [-0.05, 0) is 26.0 Å². The van der Waals surface area contributed by atoms with E-state index in [9.17, 15) is 18.0 Å². The van der Waals surface area contributed by atoms with Crippen molar-refractivity contribution in [3.05, 3.63) is 29.8 Å². The lowest BCUT2D eigenvalue weighted by atomic mass is 10.2. The van der Waals surface area contributed by atoms with E-state index in [1.54, 1.807) is 0 Å². The summed E-state index contributed by atoms with van der Waals surface area (Å²) in [4.78, 5) is 21.5. The molecule has 0 unspecified atom stereocenters. The number of hydrogen-bond donors (Lipinski definition) is 2. The van der Waals surface area contributed by atoms with Crippen molar-refractivity contribution in [3.63, 3.8) is 0 Å². The molecule has 98 valence electrons. The summed E-state index contributed by atoms with van der Waals surface area (Å²) in [5.41, 5.74) is 0.389. The molecule has 0 aliphatic rings. The molecule has 1 rings (SSSR count). The molecule has 0 saturated heterocycles. The predicted molar refractivity (Wildman–Crippen MR) is 63.9 cm³/mol. The Labute approximate surface area is 105 Å². The smallest absolute Gasteiger partial charge is 0.321 e. The Balaban J connectivity index is 2.99. The first-order valence-electron chi connectivity index (χ1n) is 5.10. The van der Waals surface area contributed by atoms with Gasteiger partial charge in [0.2, 0.25) is 10.0 Å². The molecule has 0 amide bonds. The molecule has 1 aromatic carbocycles. The van der Waals surface area contributed by atoms with Gasteiger partial charge < -0.3 is 5.11 Å². The topological polar surface area (TPSA) is 101 Å². The summed E-state index contributed by atoms with van der Waals surface area (Å²) in [5, 5.41) is 8.64. The average Bonchev–Trinajstić information content (AvgIpc) is 2.28. The first kappa shape index (κ1) is 14.3. The van der Waals surface area contributed by atoms with Crippen LogP contribution in [0.4, 0.5) is 0 Å². The van der Waals surface area contributed by atoms with Gasteiger partial charge >= 0.3 is 5.97 Å². The monoisotopic (exact) mass is 271 g/mol. The summed E-state index contributed by atoms with van der Waals surface area (Å²) < 4.78 is 25.5. The van der Waals surface area contributed by atoms with E-state index in [1.807, 2.05) is 4.72 Å². The summed E-state index contributed by atoms with van der Waals surface area (Å²) >= 11 is 0. The zero-order chi connectivity index (χ0) is 13.9. The molecule has 1 atom stereocenters. The Hall–Kier alpha value is -1.73. The highest BCUT2D eigenvalue weighted by Crippen LogP contribution is 2.11. The van der Waals surface area contributed by atoms with E-state index in [4.69, 9.17) is 5.11 Å². The Morgan fingerprint density at radius 2 is 1.72 bits per heavy atom. The molecule has 18 heavy (non-hydrogen) atoms. The van der Waals surface area contributed by atoms with E-state index in [0.717, 1.165) is 0 Å². The minimum Gasteiger partial charge on any atom is -0.480 e. The molecule has 0 bridgehead atoms. The summed E-state index contributed by atoms with van der Waals surface area (Å²) in [6.45, 7) is 2.60. The van der Waals surface area contributed by atoms with Crippen LogP contribution in [0.15, 0.2) is 29.2 Å². The lowest BCUT2D eigenvalue weighted by molar-refractivity contribution is -0.138. The SMILES string of the molecule is CC(=O)c1ccc(S(=O)(=O)N[C@@H](C)C(=O)O)cc1. The van der Waals surface area contributed by atoms with Crippen LogP contribution in [0.5, 0.6) is 0 Å². The van der Waals surface area contributed by atoms with Crippen LogP contribution in [0.25, 0.3) is 0 Å². The van der Waals surface area contributed by atoms with Gasteiger partial charge in [-0.1, -0.05) is 12.1 Å². The first-order chi connectivity index (χ1) is 8.24. The number of sulfonamides is 1. The Morgan fingerprint density at radius 1 is 1.22 bits per heavy atom. The van der Waals surface area contributed by atoms with Crippen molar-refractivity contribution in [1.82, 2.24) is 4.72 Å². The molecule has 2 N–H and O–H groups in total. The van der Waals surface area contributed by atoms with Crippen LogP contribution < -0.4 is 4.72 Å². The summed E-state index contributed by atoms with van der Waals surface area (Å²) in [5.74, 6) is -1.44. The molecular formula is C11H13NO5S. The maximum atomic E-state index is 11.8. The second-order valence-corrected chi connectivity index (χ2v) is 5.48. The van der Waals surface area contributed by atoms with Crippen LogP contribution in [-0.4, -0.2) is 31.3 Å². The van der Waals surface area contributed by atoms with Crippen LogP contribution in [0, 0.1) is 0 Å². The molecular weight excluding hydrogens is 258 g/mol. The van der Waals surface area contributed by atoms with Crippen molar-refractivity contribution in [2.45, 2.75) is 24.8 Å². The van der Waals surface area contributed by atoms with E-state index in [-0.39, 0.29) is 10.7 Å². The van der Waals surface area contributed by atoms with Crippen LogP contribution in [0.1, 0.15) is 24.2 Å². The molecule has 0 heterocycles. The third-order valence-corrected chi connectivity index (χ3v) is 3.83. The molecule has 0 aromatic heterocycles. The highest BCUT2D eigenvalue weighted by atomic mass is 32.2. The number of Topliss-reactive ketones (excluding diaryl/α,β-unsaturated/α-hetero) is 1. The van der Waals surface area contributed by atoms with Crippen molar-refractivity contribution in [1.29, 1.82) is 0 Å². The number of hydrogen-bond acceptors (Lipinski definition) is 4. The Bertz CT molecular complexity index is 562. The van der Waals surface area contributed by atoms with E-state index < -0.39 is 22.0 Å². The van der Waals surface area contributed by atoms with E-state index in [1.165, 1.54) is 38.1 Å². The van der Waals surface area contributed by atoms with Gasteiger partial charge in [-0.25, -0.2) is 8.42 Å². The number of carbonyl (C=O) groups excluding carboxylic acids is 1. The van der Waals surface area contributed by atoms with Gasteiger partial charge in [-0.3, -0.25) is 9.59 Å². The number of carboxylic acid groups (broad SMARTS) is 1. The molecule has 1 aromatic rings. The molecule has 0 spiro atoms. The van der Waals surface area contributed by atoms with Crippen LogP contribution in [0.2, 0.25) is 0 Å². The average molecular weight is 271 g/mol. The maximum absolute atomic E-state index is 11.8. The second-order valence-electron chi connectivity index (χ2n) is 3.76. The van der Waals surface area contributed by atoms with Gasteiger partial charge in [0.15, 0.2) is 5.78 Å². The van der Waals surface area contributed by atoms with Crippen molar-refractivity contribution in [2.75, 3.05) is 0 Å². The number of carbonyl (C=O) groups is 2. The lowest BCUT2D eigenvalue weighted by Gasteiger charge is -2.10. The summed E-state index contributed by atoms with van der Waals surface area (Å²) in [6, 6.07) is 4.05. The van der Waals surface area contributed by atoms with Gasteiger partial charge in [-0.15, -0.1) is 0 Å². The summed E-state index contributed by atoms with van der Waals surface area (Å²) in [7, 11) is -3.89. The highest BCUT2D eigenvalue weighted by Gasteiger charge is 2.21. The molecule has 0 aliphatic carbocycles. The largest absolute Gasteiger partial charge is 0.480 e. The minimum absolute atomic E-state index is 0.0828. The maximum Gasteiger partial charge on any atom is 0.321 e. The van der Waals surface area contributed by atoms with Crippen LogP contribution >= 0.6 is 0 Å². The number of aliphatic carboxylic acids is 1. The second kappa shape index (κ2) is 5.28. The lowest BCUT2D eigenvalue weighted by Crippen LogP contribution is -2.38. The molecule has 0 saturated carbocycles. The standard InChI is InChI=1S/C11H13NO5S/c1-7(11(14)15)12-18(16,17)10-5-3-9(4-6-10)8(2)13/h3-7,12H,1-2H3,(H,14,15)/t7-/m0/s1. The van der Waals surface area contributed by atoms with Gasteiger partial charge in [-0.2, -0.15) is 4.72 Å². The van der Waals surface area contributed by atoms with Crippen LogP contribution in [0.3, 0.4) is 0 Å². The van der Waals surface area contributed by atoms with E-state index in [2.05, 4.69) is 0 Å². The number of ketones is 1. The third-order valence-electron chi connectivity index (χ3n) is 2.27. The predicted octanol–water partition coefficient (Wildman–Crippen LogP) is 0.641. The van der Waals surface area contributed by atoms with Gasteiger partial charge in [0.25, 0.3) is 0 Å². The minimum atomic E-state index is -3.89. The molecule has 7 heteroatoms. The number of benzene rings is 1. The fourth-order valence-electron chi connectivity index (χ4n) is 1.22. The third kappa shape index (κ3) is 3.38. The quantitative estimate of drug-likeness (QED) is 0.765. The zero-order valence-corrected chi connectivity index (χ0v) is 10.7. The van der Waals surface area contributed by atoms with Gasteiger partial charge in [0, 0.05) is 5.56 Å². The Kier molecular flexibility index (Phi) is 4.20. The van der Waals surface area contributed by atoms with Crippen molar-refractivity contribution in [3.8, 4) is 0 Å². The normalized spacial score (nSPS) is 13.0. The molecule has 0 aliphatic heterocycles. The van der Waals surface area contributed by atoms with E-state index >= 15 is 0 Å². The molecule has 0 fully saturated rings. The van der Waals surface area contributed by atoms with Crippen molar-refractivity contribution < 1.29 is 23.1 Å².